The standard InChI is InChI=1S/C41H55NO13/c1-21-30(50-22(2)43)17-28-35(52-24(4)45)37-40(9,38(54-26(6)47)36(53-25(5)46)34(21)39(28,7)8)31(51-23(3)44)19-32(41(37)20-49-41)55-33(48)18-29(42(10)11)27-15-13-12-14-16-27/h12-16,28-32,35-38H,17-20H2,1-11H3/t28-,29+,30-,31-,32-,35+,36+,37-,38-,40+,41-/m0/s1. The van der Waals surface area contributed by atoms with E-state index in [9.17, 15) is 28.8 Å². The maximum atomic E-state index is 14.0. The first-order chi connectivity index (χ1) is 25.6. The van der Waals surface area contributed by atoms with Crippen LogP contribution in [0.2, 0.25) is 0 Å². The van der Waals surface area contributed by atoms with Gasteiger partial charge in [0.1, 0.15) is 30.0 Å². The normalized spacial score (nSPS) is 33.9. The van der Waals surface area contributed by atoms with Crippen LogP contribution in [0.1, 0.15) is 93.2 Å². The van der Waals surface area contributed by atoms with E-state index in [-0.39, 0.29) is 31.9 Å². The Morgan fingerprint density at radius 3 is 1.84 bits per heavy atom. The van der Waals surface area contributed by atoms with E-state index in [0.29, 0.717) is 11.1 Å². The first kappa shape index (κ1) is 41.9. The van der Waals surface area contributed by atoms with Crippen molar-refractivity contribution in [2.45, 2.75) is 130 Å². The van der Waals surface area contributed by atoms with Gasteiger partial charge < -0.3 is 38.1 Å². The molecule has 1 aromatic carbocycles. The van der Waals surface area contributed by atoms with E-state index in [4.69, 9.17) is 33.2 Å². The Labute approximate surface area is 322 Å². The van der Waals surface area contributed by atoms with Crippen LogP contribution in [0.15, 0.2) is 41.5 Å². The van der Waals surface area contributed by atoms with Gasteiger partial charge in [0.2, 0.25) is 0 Å². The number of fused-ring (bicyclic) bond motifs is 4. The van der Waals surface area contributed by atoms with Crippen LogP contribution < -0.4 is 0 Å². The van der Waals surface area contributed by atoms with Crippen molar-refractivity contribution in [2.75, 3.05) is 20.7 Å². The van der Waals surface area contributed by atoms with Gasteiger partial charge in [-0.05, 0) is 49.6 Å². The lowest BCUT2D eigenvalue weighted by Crippen LogP contribution is -2.72. The SMILES string of the molecule is CC(=O)O[C@H]1[C@@H]2[C@]3(CO3)[C@@H](OC(=O)C[C@H](c3ccccc3)N(C)C)C[C@H](OC(C)=O)[C@@]2(C)[C@@H](OC(C)=O)[C@H](OC(C)=O)C2=C(C)[C@@H](OC(C)=O)C[C@@H]1C2(C)C. The van der Waals surface area contributed by atoms with Crippen LogP contribution in [0, 0.1) is 22.7 Å². The fourth-order valence-electron chi connectivity index (χ4n) is 9.95. The first-order valence-corrected chi connectivity index (χ1v) is 18.8. The van der Waals surface area contributed by atoms with Crippen LogP contribution in [0.5, 0.6) is 0 Å². The molecular weight excluding hydrogens is 714 g/mol. The minimum Gasteiger partial charge on any atom is -0.462 e. The van der Waals surface area contributed by atoms with Crippen molar-refractivity contribution in [3.63, 3.8) is 0 Å². The van der Waals surface area contributed by atoms with Crippen molar-refractivity contribution >= 4 is 35.8 Å². The van der Waals surface area contributed by atoms with Crippen molar-refractivity contribution in [3.8, 4) is 0 Å². The number of rotatable bonds is 10. The maximum Gasteiger partial charge on any atom is 0.308 e. The molecule has 3 fully saturated rings. The molecule has 1 spiro atoms. The van der Waals surface area contributed by atoms with Crippen LogP contribution in [-0.4, -0.2) is 104 Å². The average molecular weight is 770 g/mol. The number of esters is 6. The number of carbonyl (C=O) groups is 6. The Kier molecular flexibility index (Phi) is 11.9. The molecule has 11 atom stereocenters. The van der Waals surface area contributed by atoms with Gasteiger partial charge in [0.15, 0.2) is 12.2 Å². The lowest BCUT2D eigenvalue weighted by atomic mass is 9.47. The van der Waals surface area contributed by atoms with E-state index in [1.807, 2.05) is 63.2 Å². The van der Waals surface area contributed by atoms with Gasteiger partial charge in [0.05, 0.1) is 18.4 Å². The first-order valence-electron chi connectivity index (χ1n) is 18.8. The van der Waals surface area contributed by atoms with Gasteiger partial charge in [-0.1, -0.05) is 51.1 Å². The predicted molar refractivity (Wildman–Crippen MR) is 195 cm³/mol. The van der Waals surface area contributed by atoms with E-state index in [2.05, 4.69) is 0 Å². The molecule has 1 aliphatic heterocycles. The highest BCUT2D eigenvalue weighted by Crippen LogP contribution is 2.66. The van der Waals surface area contributed by atoms with Gasteiger partial charge in [0.25, 0.3) is 0 Å². The monoisotopic (exact) mass is 769 g/mol. The molecule has 2 bridgehead atoms. The van der Waals surface area contributed by atoms with Gasteiger partial charge in [-0.2, -0.15) is 0 Å². The third kappa shape index (κ3) is 8.03. The lowest BCUT2D eigenvalue weighted by molar-refractivity contribution is -0.258. The van der Waals surface area contributed by atoms with Crippen LogP contribution in [-0.2, 0) is 61.9 Å². The minimum atomic E-state index is -1.50. The fraction of sp³-hybridized carbons (Fsp3) is 0.659. The molecule has 1 aromatic rings. The highest BCUT2D eigenvalue weighted by molar-refractivity contribution is 5.72. The molecule has 0 N–H and O–H groups in total. The van der Waals surface area contributed by atoms with Crippen molar-refractivity contribution in [1.82, 2.24) is 4.90 Å². The molecule has 0 unspecified atom stereocenters. The summed E-state index contributed by atoms with van der Waals surface area (Å²) in [5, 5.41) is 0. The summed E-state index contributed by atoms with van der Waals surface area (Å²) in [6, 6.07) is 9.21. The molecule has 14 nitrogen and oxygen atoms in total. The van der Waals surface area contributed by atoms with Crippen LogP contribution >= 0.6 is 0 Å². The van der Waals surface area contributed by atoms with Gasteiger partial charge in [-0.3, -0.25) is 28.8 Å². The van der Waals surface area contributed by atoms with E-state index < -0.39 is 101 Å². The summed E-state index contributed by atoms with van der Waals surface area (Å²) in [5.41, 5.74) is -1.77. The summed E-state index contributed by atoms with van der Waals surface area (Å²) in [6.07, 6.45) is -6.61. The summed E-state index contributed by atoms with van der Waals surface area (Å²) in [4.78, 5) is 80.9. The molecule has 302 valence electrons. The fourth-order valence-corrected chi connectivity index (χ4v) is 9.95. The zero-order chi connectivity index (χ0) is 40.8. The third-order valence-corrected chi connectivity index (χ3v) is 12.2. The molecule has 0 aromatic heterocycles. The van der Waals surface area contributed by atoms with Gasteiger partial charge in [0, 0.05) is 58.9 Å². The topological polar surface area (TPSA) is 174 Å². The van der Waals surface area contributed by atoms with E-state index >= 15 is 0 Å². The summed E-state index contributed by atoms with van der Waals surface area (Å²) < 4.78 is 43.5. The maximum absolute atomic E-state index is 14.0. The number of carbonyl (C=O) groups excluding carboxylic acids is 6. The van der Waals surface area contributed by atoms with Crippen molar-refractivity contribution in [3.05, 3.63) is 47.0 Å². The zero-order valence-corrected chi connectivity index (χ0v) is 33.7. The Morgan fingerprint density at radius 2 is 1.33 bits per heavy atom. The van der Waals surface area contributed by atoms with Crippen molar-refractivity contribution in [2.24, 2.45) is 22.7 Å². The van der Waals surface area contributed by atoms with Gasteiger partial charge >= 0.3 is 35.8 Å². The second-order valence-corrected chi connectivity index (χ2v) is 16.4. The Balaban J connectivity index is 1.75. The number of epoxide rings is 1. The summed E-state index contributed by atoms with van der Waals surface area (Å²) in [5.74, 6) is -5.41. The number of hydrogen-bond acceptors (Lipinski definition) is 14. The molecule has 55 heavy (non-hydrogen) atoms. The molecule has 2 saturated carbocycles. The highest BCUT2D eigenvalue weighted by atomic mass is 16.6. The molecule has 0 amide bonds. The van der Waals surface area contributed by atoms with Crippen LogP contribution in [0.4, 0.5) is 0 Å². The molecule has 4 aliphatic rings. The minimum absolute atomic E-state index is 0.0190. The van der Waals surface area contributed by atoms with Crippen molar-refractivity contribution < 1.29 is 61.9 Å². The highest BCUT2D eigenvalue weighted by Gasteiger charge is 2.78. The number of benzene rings is 1. The Bertz CT molecular complexity index is 1710. The summed E-state index contributed by atoms with van der Waals surface area (Å²) >= 11 is 0. The second kappa shape index (κ2) is 15.7. The van der Waals surface area contributed by atoms with Gasteiger partial charge in [-0.25, -0.2) is 0 Å². The van der Waals surface area contributed by atoms with E-state index in [0.717, 1.165) is 5.56 Å². The molecule has 5 rings (SSSR count). The Hall–Kier alpha value is -4.30. The lowest BCUT2D eigenvalue weighted by Gasteiger charge is -2.62. The zero-order valence-electron chi connectivity index (χ0n) is 33.7. The van der Waals surface area contributed by atoms with Crippen LogP contribution in [0.25, 0.3) is 0 Å². The Morgan fingerprint density at radius 1 is 0.764 bits per heavy atom. The predicted octanol–water partition coefficient (Wildman–Crippen LogP) is 4.42. The number of nitrogens with zero attached hydrogens (tertiary/aromatic N) is 1. The van der Waals surface area contributed by atoms with Gasteiger partial charge in [-0.15, -0.1) is 0 Å². The largest absolute Gasteiger partial charge is 0.462 e. The molecule has 14 heteroatoms. The molecule has 1 saturated heterocycles. The quantitative estimate of drug-likeness (QED) is 0.142. The summed E-state index contributed by atoms with van der Waals surface area (Å²) in [7, 11) is 3.73. The summed E-state index contributed by atoms with van der Waals surface area (Å²) in [6.45, 7) is 13.7. The smallest absolute Gasteiger partial charge is 0.308 e. The second-order valence-electron chi connectivity index (χ2n) is 16.4. The number of ether oxygens (including phenoxy) is 7. The van der Waals surface area contributed by atoms with E-state index in [1.54, 1.807) is 13.8 Å². The average Bonchev–Trinajstić information content (AvgIpc) is 3.85. The molecule has 1 heterocycles. The van der Waals surface area contributed by atoms with Crippen molar-refractivity contribution in [1.29, 1.82) is 0 Å². The van der Waals surface area contributed by atoms with E-state index in [1.165, 1.54) is 34.6 Å². The molecule has 0 radical (unpaired) electrons. The molecule has 3 aliphatic carbocycles. The third-order valence-electron chi connectivity index (χ3n) is 12.2. The number of hydrogen-bond donors (Lipinski definition) is 0. The van der Waals surface area contributed by atoms with Crippen LogP contribution in [0.3, 0.4) is 0 Å². The molecular formula is C41H55NO13.